The van der Waals surface area contributed by atoms with Crippen molar-refractivity contribution < 1.29 is 4.39 Å². The van der Waals surface area contributed by atoms with Crippen LogP contribution in [0.2, 0.25) is 0 Å². The first-order valence-corrected chi connectivity index (χ1v) is 8.92. The number of H-pyrrole nitrogens is 1. The molecule has 0 radical (unpaired) electrons. The van der Waals surface area contributed by atoms with E-state index >= 15 is 0 Å². The molecule has 7 nitrogen and oxygen atoms in total. The maximum Gasteiger partial charge on any atom is 0.223 e. The van der Waals surface area contributed by atoms with Crippen molar-refractivity contribution in [3.8, 4) is 22.5 Å². The summed E-state index contributed by atoms with van der Waals surface area (Å²) in [5.74, 6) is 0.776. The van der Waals surface area contributed by atoms with Crippen LogP contribution in [-0.2, 0) is 5.54 Å². The van der Waals surface area contributed by atoms with E-state index in [1.54, 1.807) is 24.5 Å². The second-order valence-electron chi connectivity index (χ2n) is 6.83. The molecule has 138 valence electrons. The Morgan fingerprint density at radius 2 is 1.71 bits per heavy atom. The molecule has 0 saturated heterocycles. The average molecular weight is 373 g/mol. The highest BCUT2D eigenvalue weighted by Crippen LogP contribution is 2.48. The van der Waals surface area contributed by atoms with Crippen molar-refractivity contribution in [1.29, 1.82) is 0 Å². The smallest absolute Gasteiger partial charge is 0.223 e. The van der Waals surface area contributed by atoms with Crippen molar-refractivity contribution in [3.05, 3.63) is 72.3 Å². The zero-order valence-electron chi connectivity index (χ0n) is 14.8. The molecular weight excluding hydrogens is 357 g/mol. The van der Waals surface area contributed by atoms with Gasteiger partial charge in [-0.1, -0.05) is 30.3 Å². The van der Waals surface area contributed by atoms with E-state index in [0.29, 0.717) is 17.3 Å². The molecule has 1 saturated carbocycles. The monoisotopic (exact) mass is 373 g/mol. The van der Waals surface area contributed by atoms with Crippen molar-refractivity contribution in [1.82, 2.24) is 30.6 Å². The van der Waals surface area contributed by atoms with Gasteiger partial charge in [-0.15, -0.1) is 10.2 Å². The fraction of sp³-hybridized carbons (Fsp3) is 0.150. The lowest BCUT2D eigenvalue weighted by Crippen LogP contribution is -2.20. The molecule has 2 aromatic carbocycles. The first-order chi connectivity index (χ1) is 13.7. The van der Waals surface area contributed by atoms with Crippen LogP contribution in [0.4, 0.5) is 10.3 Å². The Balaban J connectivity index is 1.39. The number of aromatic amines is 1. The van der Waals surface area contributed by atoms with E-state index in [1.807, 2.05) is 12.1 Å². The molecule has 8 heteroatoms. The van der Waals surface area contributed by atoms with E-state index in [4.69, 9.17) is 0 Å². The van der Waals surface area contributed by atoms with Gasteiger partial charge < -0.3 is 5.32 Å². The standard InChI is InChI=1S/C20H16FN7/c21-17-6-4-13(5-7-17)14-2-1-3-16(10-14)20(8-9-20)24-19-22-11-15(12-23-19)18-25-27-28-26-18/h1-7,10-12H,8-9H2,(H,22,23,24)(H,25,26,27,28). The van der Waals surface area contributed by atoms with Gasteiger partial charge in [-0.3, -0.25) is 0 Å². The molecule has 28 heavy (non-hydrogen) atoms. The molecule has 2 N–H and O–H groups in total. The normalized spacial score (nSPS) is 14.6. The summed E-state index contributed by atoms with van der Waals surface area (Å²) in [5.41, 5.74) is 3.73. The second kappa shape index (κ2) is 6.49. The van der Waals surface area contributed by atoms with E-state index in [1.165, 1.54) is 17.7 Å². The Morgan fingerprint density at radius 1 is 0.929 bits per heavy atom. The molecule has 0 unspecified atom stereocenters. The van der Waals surface area contributed by atoms with Crippen LogP contribution in [0.1, 0.15) is 18.4 Å². The molecule has 1 aliphatic carbocycles. The van der Waals surface area contributed by atoms with Crippen molar-refractivity contribution in [2.24, 2.45) is 0 Å². The van der Waals surface area contributed by atoms with Gasteiger partial charge in [0, 0.05) is 12.4 Å². The first kappa shape index (κ1) is 16.5. The zero-order valence-corrected chi connectivity index (χ0v) is 14.8. The number of halogens is 1. The van der Waals surface area contributed by atoms with Crippen LogP contribution in [0.25, 0.3) is 22.5 Å². The van der Waals surface area contributed by atoms with Gasteiger partial charge in [0.05, 0.1) is 11.1 Å². The minimum absolute atomic E-state index is 0.177. The zero-order chi connectivity index (χ0) is 19.0. The number of anilines is 1. The average Bonchev–Trinajstić information content (AvgIpc) is 3.31. The highest BCUT2D eigenvalue weighted by atomic mass is 19.1. The van der Waals surface area contributed by atoms with Gasteiger partial charge in [0.25, 0.3) is 0 Å². The van der Waals surface area contributed by atoms with Gasteiger partial charge in [0.2, 0.25) is 11.8 Å². The molecule has 2 heterocycles. The van der Waals surface area contributed by atoms with Gasteiger partial charge in [-0.05, 0) is 52.9 Å². The van der Waals surface area contributed by atoms with Crippen molar-refractivity contribution in [3.63, 3.8) is 0 Å². The molecule has 2 aromatic heterocycles. The molecule has 1 aliphatic rings. The number of tetrazole rings is 1. The van der Waals surface area contributed by atoms with Crippen molar-refractivity contribution in [2.45, 2.75) is 18.4 Å². The predicted molar refractivity (Wildman–Crippen MR) is 102 cm³/mol. The molecular formula is C20H16FN7. The summed E-state index contributed by atoms with van der Waals surface area (Å²) in [4.78, 5) is 8.78. The summed E-state index contributed by atoms with van der Waals surface area (Å²) in [5, 5.41) is 17.3. The molecule has 4 aromatic rings. The van der Waals surface area contributed by atoms with Crippen LogP contribution in [0.3, 0.4) is 0 Å². The Hall–Kier alpha value is -3.68. The lowest BCUT2D eigenvalue weighted by Gasteiger charge is -2.19. The highest BCUT2D eigenvalue weighted by molar-refractivity contribution is 5.65. The Kier molecular flexibility index (Phi) is 3.82. The van der Waals surface area contributed by atoms with Crippen LogP contribution >= 0.6 is 0 Å². The van der Waals surface area contributed by atoms with Gasteiger partial charge in [-0.2, -0.15) is 5.21 Å². The minimum Gasteiger partial charge on any atom is -0.345 e. The maximum absolute atomic E-state index is 13.2. The quantitative estimate of drug-likeness (QED) is 0.556. The molecule has 0 atom stereocenters. The van der Waals surface area contributed by atoms with Crippen LogP contribution < -0.4 is 5.32 Å². The van der Waals surface area contributed by atoms with Gasteiger partial charge in [0.1, 0.15) is 5.82 Å². The van der Waals surface area contributed by atoms with Crippen LogP contribution in [-0.4, -0.2) is 30.6 Å². The lowest BCUT2D eigenvalue weighted by atomic mass is 9.98. The first-order valence-electron chi connectivity index (χ1n) is 8.92. The molecule has 0 amide bonds. The van der Waals surface area contributed by atoms with Crippen LogP contribution in [0.15, 0.2) is 60.9 Å². The molecule has 5 rings (SSSR count). The number of nitrogens with one attached hydrogen (secondary N) is 2. The number of aromatic nitrogens is 6. The van der Waals surface area contributed by atoms with Crippen molar-refractivity contribution >= 4 is 5.95 Å². The van der Waals surface area contributed by atoms with Gasteiger partial charge in [-0.25, -0.2) is 14.4 Å². The van der Waals surface area contributed by atoms with E-state index in [-0.39, 0.29) is 11.4 Å². The summed E-state index contributed by atoms with van der Waals surface area (Å²) < 4.78 is 13.2. The van der Waals surface area contributed by atoms with Crippen LogP contribution in [0.5, 0.6) is 0 Å². The second-order valence-corrected chi connectivity index (χ2v) is 6.83. The lowest BCUT2D eigenvalue weighted by molar-refractivity contribution is 0.628. The van der Waals surface area contributed by atoms with E-state index in [9.17, 15) is 4.39 Å². The SMILES string of the molecule is Fc1ccc(-c2cccc(C3(Nc4ncc(-c5nn[nH]n5)cn4)CC3)c2)cc1. The van der Waals surface area contributed by atoms with E-state index in [0.717, 1.165) is 24.0 Å². The highest BCUT2D eigenvalue weighted by Gasteiger charge is 2.45. The summed E-state index contributed by atoms with van der Waals surface area (Å²) in [6, 6.07) is 14.8. The fourth-order valence-electron chi connectivity index (χ4n) is 3.26. The number of hydrogen-bond acceptors (Lipinski definition) is 6. The number of hydrogen-bond donors (Lipinski definition) is 2. The third kappa shape index (κ3) is 3.09. The summed E-state index contributed by atoms with van der Waals surface area (Å²) in [6.07, 6.45) is 5.34. The maximum atomic E-state index is 13.2. The van der Waals surface area contributed by atoms with Gasteiger partial charge in [0.15, 0.2) is 0 Å². The molecule has 0 bridgehead atoms. The Labute approximate surface area is 160 Å². The van der Waals surface area contributed by atoms with Crippen molar-refractivity contribution in [2.75, 3.05) is 5.32 Å². The predicted octanol–water partition coefficient (Wildman–Crippen LogP) is 3.56. The summed E-state index contributed by atoms with van der Waals surface area (Å²) in [6.45, 7) is 0. The fourth-order valence-corrected chi connectivity index (χ4v) is 3.26. The third-order valence-corrected chi connectivity index (χ3v) is 4.95. The number of benzene rings is 2. The number of nitrogens with zero attached hydrogens (tertiary/aromatic N) is 5. The Bertz CT molecular complexity index is 1090. The molecule has 0 aliphatic heterocycles. The topological polar surface area (TPSA) is 92.3 Å². The third-order valence-electron chi connectivity index (χ3n) is 4.95. The Morgan fingerprint density at radius 3 is 2.39 bits per heavy atom. The largest absolute Gasteiger partial charge is 0.345 e. The van der Waals surface area contributed by atoms with E-state index in [2.05, 4.69) is 48.0 Å². The summed E-state index contributed by atoms with van der Waals surface area (Å²) in [7, 11) is 0. The molecule has 1 fully saturated rings. The van der Waals surface area contributed by atoms with Crippen LogP contribution in [0, 0.1) is 5.82 Å². The van der Waals surface area contributed by atoms with Gasteiger partial charge >= 0.3 is 0 Å². The van der Waals surface area contributed by atoms with E-state index < -0.39 is 0 Å². The molecule has 0 spiro atoms. The minimum atomic E-state index is -0.235. The number of rotatable bonds is 5. The summed E-state index contributed by atoms with van der Waals surface area (Å²) >= 11 is 0.